The van der Waals surface area contributed by atoms with Gasteiger partial charge in [0.1, 0.15) is 5.75 Å². The van der Waals surface area contributed by atoms with Gasteiger partial charge in [0.05, 0.1) is 5.41 Å². The molecular weight excluding hydrogens is 396 g/mol. The van der Waals surface area contributed by atoms with Crippen LogP contribution >= 0.6 is 15.9 Å². The van der Waals surface area contributed by atoms with Crippen LogP contribution in [0.2, 0.25) is 0 Å². The van der Waals surface area contributed by atoms with Gasteiger partial charge in [0.15, 0.2) is 6.61 Å². The number of halogens is 1. The topological polar surface area (TPSA) is 57.4 Å². The van der Waals surface area contributed by atoms with E-state index in [1.807, 2.05) is 42.5 Å². The van der Waals surface area contributed by atoms with Crippen LogP contribution < -0.4 is 4.74 Å². The van der Waals surface area contributed by atoms with Crippen molar-refractivity contribution in [1.82, 2.24) is 10.1 Å². The van der Waals surface area contributed by atoms with Gasteiger partial charge in [-0.25, -0.2) is 0 Å². The zero-order valence-corrected chi connectivity index (χ0v) is 15.8. The summed E-state index contributed by atoms with van der Waals surface area (Å²) in [6.45, 7) is 1.63. The molecule has 26 heavy (non-hydrogen) atoms. The van der Waals surface area contributed by atoms with Crippen LogP contribution in [0.25, 0.3) is 0 Å². The van der Waals surface area contributed by atoms with Gasteiger partial charge in [-0.15, -0.1) is 0 Å². The molecule has 1 aromatic heterocycles. The molecule has 0 saturated carbocycles. The minimum Gasteiger partial charge on any atom is -0.485 e. The summed E-state index contributed by atoms with van der Waals surface area (Å²) in [5.41, 5.74) is 0.861. The van der Waals surface area contributed by atoms with Crippen LogP contribution in [0.5, 0.6) is 5.75 Å². The van der Waals surface area contributed by atoms with Gasteiger partial charge in [0, 0.05) is 17.7 Å². The number of rotatable bonds is 5. The summed E-state index contributed by atoms with van der Waals surface area (Å²) in [7, 11) is 0. The summed E-state index contributed by atoms with van der Waals surface area (Å²) < 4.78 is 18.0. The maximum Gasteiger partial charge on any atom is 0.237 e. The van der Waals surface area contributed by atoms with Gasteiger partial charge in [0.25, 0.3) is 0 Å². The van der Waals surface area contributed by atoms with E-state index in [9.17, 15) is 0 Å². The van der Waals surface area contributed by atoms with Crippen LogP contribution in [-0.2, 0) is 16.8 Å². The van der Waals surface area contributed by atoms with E-state index in [1.54, 1.807) is 0 Å². The molecule has 0 spiro atoms. The molecule has 0 atom stereocenters. The number of aromatic nitrogens is 2. The molecule has 0 bridgehead atoms. The average Bonchev–Trinajstić information content (AvgIpc) is 3.18. The van der Waals surface area contributed by atoms with Crippen LogP contribution in [0.1, 0.15) is 30.1 Å². The number of nitrogens with zero attached hydrogens (tertiary/aromatic N) is 2. The van der Waals surface area contributed by atoms with E-state index in [1.165, 1.54) is 5.56 Å². The second-order valence-electron chi connectivity index (χ2n) is 6.32. The Morgan fingerprint density at radius 1 is 1.00 bits per heavy atom. The molecule has 0 amide bonds. The summed E-state index contributed by atoms with van der Waals surface area (Å²) in [5.74, 6) is 1.97. The summed E-state index contributed by atoms with van der Waals surface area (Å²) in [6, 6.07) is 17.9. The Balaban J connectivity index is 1.58. The van der Waals surface area contributed by atoms with Crippen LogP contribution in [0.4, 0.5) is 0 Å². The lowest BCUT2D eigenvalue weighted by Crippen LogP contribution is -2.35. The van der Waals surface area contributed by atoms with Crippen LogP contribution in [-0.4, -0.2) is 23.4 Å². The lowest BCUT2D eigenvalue weighted by Gasteiger charge is -2.34. The van der Waals surface area contributed by atoms with E-state index >= 15 is 0 Å². The molecule has 1 fully saturated rings. The van der Waals surface area contributed by atoms with Gasteiger partial charge in [-0.05, 0) is 42.7 Å². The molecular formula is C20H19BrN2O3. The fraction of sp³-hybridized carbons (Fsp3) is 0.300. The van der Waals surface area contributed by atoms with E-state index in [2.05, 4.69) is 38.2 Å². The van der Waals surface area contributed by atoms with Crippen molar-refractivity contribution in [3.05, 3.63) is 76.3 Å². The second-order valence-corrected chi connectivity index (χ2v) is 7.23. The molecule has 4 rings (SSSR count). The fourth-order valence-electron chi connectivity index (χ4n) is 3.29. The van der Waals surface area contributed by atoms with E-state index in [-0.39, 0.29) is 12.0 Å². The van der Waals surface area contributed by atoms with Crippen molar-refractivity contribution in [3.8, 4) is 5.75 Å². The molecule has 6 heteroatoms. The highest BCUT2D eigenvalue weighted by Crippen LogP contribution is 2.40. The molecule has 5 nitrogen and oxygen atoms in total. The highest BCUT2D eigenvalue weighted by molar-refractivity contribution is 9.10. The van der Waals surface area contributed by atoms with Crippen molar-refractivity contribution in [2.75, 3.05) is 13.2 Å². The zero-order chi connectivity index (χ0) is 17.8. The van der Waals surface area contributed by atoms with Crippen LogP contribution in [0.3, 0.4) is 0 Å². The number of hydrogen-bond donors (Lipinski definition) is 0. The third kappa shape index (κ3) is 3.52. The Hall–Kier alpha value is -2.18. The highest BCUT2D eigenvalue weighted by Gasteiger charge is 2.41. The Labute approximate surface area is 160 Å². The first-order valence-electron chi connectivity index (χ1n) is 8.61. The van der Waals surface area contributed by atoms with Gasteiger partial charge in [0.2, 0.25) is 11.7 Å². The van der Waals surface area contributed by atoms with E-state index in [0.29, 0.717) is 24.9 Å². The monoisotopic (exact) mass is 414 g/mol. The van der Waals surface area contributed by atoms with Crippen LogP contribution in [0.15, 0.2) is 63.6 Å². The standard InChI is InChI=1S/C20H19BrN2O3/c21-16-8-6-15(7-9-16)20(10-12-24-13-11-20)19-22-18(23-26-19)14-25-17-4-2-1-3-5-17/h1-9H,10-14H2. The normalized spacial score (nSPS) is 16.3. The van der Waals surface area contributed by atoms with Gasteiger partial charge in [-0.1, -0.05) is 51.4 Å². The smallest absolute Gasteiger partial charge is 0.237 e. The van der Waals surface area contributed by atoms with Crippen molar-refractivity contribution < 1.29 is 14.0 Å². The fourth-order valence-corrected chi connectivity index (χ4v) is 3.55. The van der Waals surface area contributed by atoms with Crippen molar-refractivity contribution in [3.63, 3.8) is 0 Å². The van der Waals surface area contributed by atoms with Crippen LogP contribution in [0, 0.1) is 0 Å². The maximum absolute atomic E-state index is 5.73. The maximum atomic E-state index is 5.73. The summed E-state index contributed by atoms with van der Waals surface area (Å²) in [5, 5.41) is 4.13. The Bertz CT molecular complexity index is 843. The van der Waals surface area contributed by atoms with Gasteiger partial charge in [-0.2, -0.15) is 4.98 Å². The number of hydrogen-bond acceptors (Lipinski definition) is 5. The Morgan fingerprint density at radius 3 is 2.46 bits per heavy atom. The van der Waals surface area contributed by atoms with E-state index < -0.39 is 0 Å². The third-order valence-electron chi connectivity index (χ3n) is 4.73. The molecule has 1 aliphatic heterocycles. The summed E-state index contributed by atoms with van der Waals surface area (Å²) in [6.07, 6.45) is 1.63. The number of para-hydroxylation sites is 1. The molecule has 0 aliphatic carbocycles. The lowest BCUT2D eigenvalue weighted by molar-refractivity contribution is 0.0523. The highest BCUT2D eigenvalue weighted by atomic mass is 79.9. The zero-order valence-electron chi connectivity index (χ0n) is 14.2. The largest absolute Gasteiger partial charge is 0.485 e. The minimum absolute atomic E-state index is 0.278. The molecule has 0 N–H and O–H groups in total. The van der Waals surface area contributed by atoms with Crippen molar-refractivity contribution in [2.24, 2.45) is 0 Å². The number of benzene rings is 2. The van der Waals surface area contributed by atoms with Gasteiger partial charge < -0.3 is 14.0 Å². The first kappa shape index (κ1) is 17.2. The van der Waals surface area contributed by atoms with Crippen molar-refractivity contribution >= 4 is 15.9 Å². The molecule has 134 valence electrons. The van der Waals surface area contributed by atoms with E-state index in [4.69, 9.17) is 14.0 Å². The molecule has 2 aromatic carbocycles. The van der Waals surface area contributed by atoms with Crippen molar-refractivity contribution in [1.29, 1.82) is 0 Å². The second kappa shape index (κ2) is 7.60. The van der Waals surface area contributed by atoms with E-state index in [0.717, 1.165) is 23.1 Å². The third-order valence-corrected chi connectivity index (χ3v) is 5.26. The first-order valence-corrected chi connectivity index (χ1v) is 9.40. The average molecular weight is 415 g/mol. The molecule has 1 aliphatic rings. The predicted molar refractivity (Wildman–Crippen MR) is 100 cm³/mol. The SMILES string of the molecule is Brc1ccc(C2(c3nc(COc4ccccc4)no3)CCOCC2)cc1. The Kier molecular flexibility index (Phi) is 5.04. The molecule has 1 saturated heterocycles. The summed E-state index contributed by atoms with van der Waals surface area (Å²) in [4.78, 5) is 4.65. The molecule has 0 unspecified atom stereocenters. The molecule has 0 radical (unpaired) electrons. The predicted octanol–water partition coefficient (Wildman–Crippen LogP) is 4.51. The quantitative estimate of drug-likeness (QED) is 0.614. The first-order chi connectivity index (χ1) is 12.8. The minimum atomic E-state index is -0.309. The van der Waals surface area contributed by atoms with Crippen molar-refractivity contribution in [2.45, 2.75) is 24.9 Å². The molecule has 3 aromatic rings. The Morgan fingerprint density at radius 2 is 1.73 bits per heavy atom. The molecule has 2 heterocycles. The number of ether oxygens (including phenoxy) is 2. The van der Waals surface area contributed by atoms with Gasteiger partial charge in [-0.3, -0.25) is 0 Å². The lowest BCUT2D eigenvalue weighted by atomic mass is 9.74. The van der Waals surface area contributed by atoms with Gasteiger partial charge >= 0.3 is 0 Å². The summed E-state index contributed by atoms with van der Waals surface area (Å²) >= 11 is 3.50.